The molecular weight excluding hydrogens is 573 g/mol. The summed E-state index contributed by atoms with van der Waals surface area (Å²) in [5.41, 5.74) is 4.11. The van der Waals surface area contributed by atoms with Gasteiger partial charge in [-0.1, -0.05) is 29.8 Å². The third-order valence-electron chi connectivity index (χ3n) is 9.03. The van der Waals surface area contributed by atoms with Crippen LogP contribution in [0.15, 0.2) is 48.5 Å². The predicted molar refractivity (Wildman–Crippen MR) is 161 cm³/mol. The number of carbonyl (C=O) groups is 1. The van der Waals surface area contributed by atoms with Crippen molar-refractivity contribution in [2.45, 2.75) is 50.4 Å². The molecule has 0 aliphatic carbocycles. The standard InChI is InChI=1S/C32H33ClFN5O4/c1-37-27(23-6-5-20(33)15-24(23)34)18-43-28-4-2-3-22(30(28)37)19-9-12-38(13-10-19)17-29-35-25-7-8-26(32(40)41)36-31(25)39(29)16-21-11-14-42-21/h2-8,15,19,21,27H,9-14,16-18H2,1H3,(H,40,41). The van der Waals surface area contributed by atoms with Gasteiger partial charge in [-0.2, -0.15) is 0 Å². The summed E-state index contributed by atoms with van der Waals surface area (Å²) < 4.78 is 28.8. The number of likely N-dealkylation sites (N-methyl/N-ethyl adjacent to an activating group) is 1. The number of piperidine rings is 1. The Balaban J connectivity index is 1.09. The molecule has 2 atom stereocenters. The van der Waals surface area contributed by atoms with E-state index in [1.807, 2.05) is 23.7 Å². The number of aromatic nitrogens is 3. The highest BCUT2D eigenvalue weighted by molar-refractivity contribution is 6.30. The van der Waals surface area contributed by atoms with Crippen molar-refractivity contribution >= 4 is 34.4 Å². The van der Waals surface area contributed by atoms with E-state index in [0.29, 0.717) is 47.4 Å². The molecule has 0 radical (unpaired) electrons. The number of hydrogen-bond donors (Lipinski definition) is 1. The maximum atomic E-state index is 14.9. The van der Waals surface area contributed by atoms with E-state index >= 15 is 0 Å². The zero-order chi connectivity index (χ0) is 29.7. The number of halogens is 2. The van der Waals surface area contributed by atoms with E-state index in [1.165, 1.54) is 17.7 Å². The molecule has 0 spiro atoms. The van der Waals surface area contributed by atoms with Gasteiger partial charge < -0.3 is 24.0 Å². The third kappa shape index (κ3) is 5.32. The Bertz CT molecular complexity index is 1680. The molecule has 0 amide bonds. The summed E-state index contributed by atoms with van der Waals surface area (Å²) in [6.07, 6.45) is 2.97. The summed E-state index contributed by atoms with van der Waals surface area (Å²) in [5.74, 6) is 0.645. The largest absolute Gasteiger partial charge is 0.489 e. The SMILES string of the molecule is CN1c2c(cccc2C2CCN(Cc3nc4ccc(C(=O)O)nc4n3CC3CCO3)CC2)OCC1c1ccc(Cl)cc1F. The van der Waals surface area contributed by atoms with E-state index in [1.54, 1.807) is 18.2 Å². The zero-order valence-corrected chi connectivity index (χ0v) is 24.6. The molecule has 0 saturated carbocycles. The summed E-state index contributed by atoms with van der Waals surface area (Å²) in [5, 5.41) is 9.87. The second kappa shape index (κ2) is 11.4. The summed E-state index contributed by atoms with van der Waals surface area (Å²) in [4.78, 5) is 25.4. The van der Waals surface area contributed by atoms with Crippen LogP contribution in [0.4, 0.5) is 10.1 Å². The Morgan fingerprint density at radius 2 is 1.91 bits per heavy atom. The van der Waals surface area contributed by atoms with Crippen molar-refractivity contribution in [1.82, 2.24) is 19.4 Å². The van der Waals surface area contributed by atoms with Crippen LogP contribution in [0.25, 0.3) is 11.2 Å². The normalized spacial score (nSPS) is 21.0. The highest BCUT2D eigenvalue weighted by Gasteiger charge is 2.33. The van der Waals surface area contributed by atoms with Crippen LogP contribution in [0.5, 0.6) is 5.75 Å². The number of rotatable bonds is 7. The number of benzene rings is 2. The van der Waals surface area contributed by atoms with Gasteiger partial charge in [-0.05, 0) is 74.2 Å². The number of fused-ring (bicyclic) bond motifs is 2. The quantitative estimate of drug-likeness (QED) is 0.288. The second-order valence-corrected chi connectivity index (χ2v) is 12.0. The number of imidazole rings is 1. The van der Waals surface area contributed by atoms with Gasteiger partial charge in [0.25, 0.3) is 0 Å². The number of aromatic carboxylic acids is 1. The van der Waals surface area contributed by atoms with Gasteiger partial charge in [0, 0.05) is 24.2 Å². The fraction of sp³-hybridized carbons (Fsp3) is 0.406. The third-order valence-corrected chi connectivity index (χ3v) is 9.27. The summed E-state index contributed by atoms with van der Waals surface area (Å²) in [6.45, 7) is 4.12. The average Bonchev–Trinajstić information content (AvgIpc) is 3.31. The number of hydrogen-bond acceptors (Lipinski definition) is 7. The first-order valence-electron chi connectivity index (χ1n) is 14.7. The molecule has 43 heavy (non-hydrogen) atoms. The Kier molecular flexibility index (Phi) is 7.44. The molecule has 2 saturated heterocycles. The molecule has 224 valence electrons. The van der Waals surface area contributed by atoms with Crippen LogP contribution in [0.2, 0.25) is 5.02 Å². The minimum absolute atomic E-state index is 0.0109. The fourth-order valence-corrected chi connectivity index (χ4v) is 6.74. The molecule has 0 bridgehead atoms. The first kappa shape index (κ1) is 28.1. The molecule has 9 nitrogen and oxygen atoms in total. The summed E-state index contributed by atoms with van der Waals surface area (Å²) >= 11 is 6.02. The van der Waals surface area contributed by atoms with Gasteiger partial charge in [-0.25, -0.2) is 19.2 Å². The Hall–Kier alpha value is -3.73. The molecule has 11 heteroatoms. The van der Waals surface area contributed by atoms with Crippen LogP contribution in [-0.2, 0) is 17.8 Å². The number of para-hydroxylation sites is 1. The molecule has 2 unspecified atom stereocenters. The summed E-state index contributed by atoms with van der Waals surface area (Å²) in [6, 6.07) is 14.0. The number of nitrogens with zero attached hydrogens (tertiary/aromatic N) is 5. The Morgan fingerprint density at radius 1 is 1.09 bits per heavy atom. The van der Waals surface area contributed by atoms with Crippen molar-refractivity contribution in [2.24, 2.45) is 0 Å². The second-order valence-electron chi connectivity index (χ2n) is 11.6. The van der Waals surface area contributed by atoms with Crippen molar-refractivity contribution < 1.29 is 23.8 Å². The highest BCUT2D eigenvalue weighted by Crippen LogP contribution is 2.46. The molecule has 2 fully saturated rings. The number of carboxylic acid groups (broad SMARTS) is 1. The van der Waals surface area contributed by atoms with Gasteiger partial charge in [-0.3, -0.25) is 4.90 Å². The molecule has 2 aromatic carbocycles. The van der Waals surface area contributed by atoms with Crippen LogP contribution in [0.1, 0.15) is 58.7 Å². The molecule has 5 heterocycles. The van der Waals surface area contributed by atoms with E-state index < -0.39 is 5.97 Å². The molecule has 2 aromatic heterocycles. The topological polar surface area (TPSA) is 93.0 Å². The van der Waals surface area contributed by atoms with Gasteiger partial charge in [0.1, 0.15) is 29.5 Å². The lowest BCUT2D eigenvalue weighted by atomic mass is 9.87. The average molecular weight is 606 g/mol. The predicted octanol–water partition coefficient (Wildman–Crippen LogP) is 5.66. The molecule has 1 N–H and O–H groups in total. The van der Waals surface area contributed by atoms with Crippen molar-refractivity contribution in [3.8, 4) is 5.75 Å². The Morgan fingerprint density at radius 3 is 2.63 bits per heavy atom. The van der Waals surface area contributed by atoms with Gasteiger partial charge in [-0.15, -0.1) is 0 Å². The van der Waals surface area contributed by atoms with E-state index in [9.17, 15) is 14.3 Å². The number of carboxylic acids is 1. The van der Waals surface area contributed by atoms with Crippen LogP contribution in [-0.4, -0.2) is 70.0 Å². The highest BCUT2D eigenvalue weighted by atomic mass is 35.5. The first-order valence-corrected chi connectivity index (χ1v) is 15.1. The Labute approximate surface area is 253 Å². The van der Waals surface area contributed by atoms with Crippen molar-refractivity contribution in [3.05, 3.63) is 82.0 Å². The van der Waals surface area contributed by atoms with Crippen molar-refractivity contribution in [1.29, 1.82) is 0 Å². The lowest BCUT2D eigenvalue weighted by molar-refractivity contribution is -0.0593. The molecule has 3 aliphatic rings. The van der Waals surface area contributed by atoms with Crippen molar-refractivity contribution in [2.75, 3.05) is 38.3 Å². The van der Waals surface area contributed by atoms with Crippen LogP contribution >= 0.6 is 11.6 Å². The number of anilines is 1. The van der Waals surface area contributed by atoms with Gasteiger partial charge >= 0.3 is 5.97 Å². The monoisotopic (exact) mass is 605 g/mol. The minimum atomic E-state index is -1.05. The van der Waals surface area contributed by atoms with E-state index in [0.717, 1.165) is 56.2 Å². The van der Waals surface area contributed by atoms with E-state index in [4.69, 9.17) is 26.1 Å². The van der Waals surface area contributed by atoms with Gasteiger partial charge in [0.2, 0.25) is 0 Å². The van der Waals surface area contributed by atoms with Crippen molar-refractivity contribution in [3.63, 3.8) is 0 Å². The number of pyridine rings is 1. The molecular formula is C32H33ClFN5O4. The maximum absolute atomic E-state index is 14.9. The van der Waals surface area contributed by atoms with Gasteiger partial charge in [0.15, 0.2) is 11.3 Å². The maximum Gasteiger partial charge on any atom is 0.354 e. The van der Waals surface area contributed by atoms with Crippen LogP contribution in [0, 0.1) is 5.82 Å². The van der Waals surface area contributed by atoms with Gasteiger partial charge in [0.05, 0.1) is 30.9 Å². The van der Waals surface area contributed by atoms with E-state index in [2.05, 4.69) is 20.9 Å². The van der Waals surface area contributed by atoms with E-state index in [-0.39, 0.29) is 23.7 Å². The smallest absolute Gasteiger partial charge is 0.354 e. The molecule has 7 rings (SSSR count). The number of ether oxygens (including phenoxy) is 2. The summed E-state index contributed by atoms with van der Waals surface area (Å²) in [7, 11) is 2.01. The minimum Gasteiger partial charge on any atom is -0.489 e. The fourth-order valence-electron chi connectivity index (χ4n) is 6.58. The van der Waals surface area contributed by atoms with Crippen LogP contribution in [0.3, 0.4) is 0 Å². The van der Waals surface area contributed by atoms with Crippen LogP contribution < -0.4 is 9.64 Å². The lowest BCUT2D eigenvalue weighted by Crippen LogP contribution is -2.37. The number of likely N-dealkylation sites (tertiary alicyclic amines) is 1. The first-order chi connectivity index (χ1) is 20.9. The molecule has 4 aromatic rings. The zero-order valence-electron chi connectivity index (χ0n) is 23.9. The molecule has 3 aliphatic heterocycles. The lowest BCUT2D eigenvalue weighted by Gasteiger charge is -2.40.